The lowest BCUT2D eigenvalue weighted by atomic mass is 10.1. The third-order valence-corrected chi connectivity index (χ3v) is 1.71. The number of hydrogen-bond donors (Lipinski definition) is 0. The van der Waals surface area contributed by atoms with E-state index in [2.05, 4.69) is 0 Å². The minimum atomic E-state index is -0.177. The summed E-state index contributed by atoms with van der Waals surface area (Å²) >= 11 is 0. The van der Waals surface area contributed by atoms with E-state index in [1.54, 1.807) is 6.07 Å². The lowest BCUT2D eigenvalue weighted by Gasteiger charge is -1.94. The van der Waals surface area contributed by atoms with Crippen molar-refractivity contribution in [1.29, 1.82) is 0 Å². The van der Waals surface area contributed by atoms with E-state index in [9.17, 15) is 4.39 Å². The highest BCUT2D eigenvalue weighted by molar-refractivity contribution is 5.82. The van der Waals surface area contributed by atoms with E-state index < -0.39 is 0 Å². The van der Waals surface area contributed by atoms with Crippen LogP contribution in [0, 0.1) is 5.82 Å². The summed E-state index contributed by atoms with van der Waals surface area (Å²) in [6.07, 6.45) is 0. The molecule has 0 amide bonds. The van der Waals surface area contributed by atoms with Gasteiger partial charge in [0, 0.05) is 0 Å². The molecule has 0 bridgehead atoms. The molecule has 1 heteroatoms. The molecule has 0 spiro atoms. The van der Waals surface area contributed by atoms with Crippen LogP contribution >= 0.6 is 0 Å². The average molecular weight is 162 g/mol. The smallest absolute Gasteiger partial charge is 0.123 e. The maximum absolute atomic E-state index is 12.6. The Bertz CT molecular complexity index is 379. The van der Waals surface area contributed by atoms with Crippen LogP contribution in [0.5, 0.6) is 0 Å². The molecule has 2 rings (SSSR count). The van der Waals surface area contributed by atoms with Gasteiger partial charge >= 0.3 is 0 Å². The van der Waals surface area contributed by atoms with E-state index in [1.807, 2.05) is 24.3 Å². The Labute approximate surface area is 71.6 Å². The molecule has 2 aromatic rings. The normalized spacial score (nSPS) is 9.42. The third-order valence-electron chi connectivity index (χ3n) is 1.71. The Morgan fingerprint density at radius 2 is 1.50 bits per heavy atom. The Kier molecular flexibility index (Phi) is 2.44. The van der Waals surface area contributed by atoms with E-state index in [-0.39, 0.29) is 13.2 Å². The predicted molar refractivity (Wildman–Crippen MR) is 50.6 cm³/mol. The summed E-state index contributed by atoms with van der Waals surface area (Å²) in [7, 11) is 0. The van der Waals surface area contributed by atoms with Crippen molar-refractivity contribution in [3.63, 3.8) is 0 Å². The third kappa shape index (κ3) is 1.45. The first-order valence-electron chi connectivity index (χ1n) is 3.50. The first-order valence-corrected chi connectivity index (χ1v) is 3.50. The molecular formula is C11H11F. The van der Waals surface area contributed by atoms with Crippen molar-refractivity contribution in [3.8, 4) is 0 Å². The van der Waals surface area contributed by atoms with Crippen molar-refractivity contribution in [2.24, 2.45) is 0 Å². The van der Waals surface area contributed by atoms with Crippen LogP contribution in [0.15, 0.2) is 42.5 Å². The zero-order valence-electron chi connectivity index (χ0n) is 5.92. The minimum absolute atomic E-state index is 0. The van der Waals surface area contributed by atoms with Crippen LogP contribution < -0.4 is 0 Å². The fraction of sp³-hybridized carbons (Fsp3) is 0.0909. The molecule has 0 aliphatic heterocycles. The number of halogens is 1. The summed E-state index contributed by atoms with van der Waals surface area (Å²) in [5.74, 6) is -0.177. The van der Waals surface area contributed by atoms with Crippen LogP contribution in [-0.4, -0.2) is 0 Å². The summed E-state index contributed by atoms with van der Waals surface area (Å²) in [4.78, 5) is 0. The van der Waals surface area contributed by atoms with E-state index in [4.69, 9.17) is 0 Å². The number of rotatable bonds is 0. The van der Waals surface area contributed by atoms with Gasteiger partial charge in [-0.3, -0.25) is 0 Å². The van der Waals surface area contributed by atoms with Gasteiger partial charge in [0.2, 0.25) is 0 Å². The van der Waals surface area contributed by atoms with Crippen molar-refractivity contribution in [2.45, 2.75) is 7.43 Å². The van der Waals surface area contributed by atoms with Gasteiger partial charge in [-0.25, -0.2) is 4.39 Å². The quantitative estimate of drug-likeness (QED) is 0.555. The molecule has 0 fully saturated rings. The summed E-state index contributed by atoms with van der Waals surface area (Å²) < 4.78 is 12.6. The first-order chi connectivity index (χ1) is 5.36. The van der Waals surface area contributed by atoms with Crippen molar-refractivity contribution >= 4 is 10.8 Å². The zero-order valence-corrected chi connectivity index (χ0v) is 5.92. The monoisotopic (exact) mass is 162 g/mol. The predicted octanol–water partition coefficient (Wildman–Crippen LogP) is 3.62. The van der Waals surface area contributed by atoms with Gasteiger partial charge in [-0.15, -0.1) is 0 Å². The number of benzene rings is 2. The zero-order chi connectivity index (χ0) is 7.68. The number of hydrogen-bond acceptors (Lipinski definition) is 0. The second-order valence-electron chi connectivity index (χ2n) is 2.49. The molecule has 0 atom stereocenters. The molecule has 2 aromatic carbocycles. The van der Waals surface area contributed by atoms with Crippen LogP contribution in [-0.2, 0) is 0 Å². The van der Waals surface area contributed by atoms with Gasteiger partial charge in [0.25, 0.3) is 0 Å². The van der Waals surface area contributed by atoms with Crippen LogP contribution in [0.4, 0.5) is 4.39 Å². The summed E-state index contributed by atoms with van der Waals surface area (Å²) in [6.45, 7) is 0. The topological polar surface area (TPSA) is 0 Å². The minimum Gasteiger partial charge on any atom is -0.207 e. The summed E-state index contributed by atoms with van der Waals surface area (Å²) in [5.41, 5.74) is 0. The molecule has 0 N–H and O–H groups in total. The SMILES string of the molecule is C.Fc1ccc2ccccc2c1. The standard InChI is InChI=1S/C10H7F.CH4/c11-10-6-5-8-3-1-2-4-9(8)7-10;/h1-7H;1H4. The molecule has 0 saturated carbocycles. The molecule has 0 aromatic heterocycles. The van der Waals surface area contributed by atoms with Gasteiger partial charge in [0.1, 0.15) is 5.82 Å². The molecule has 0 saturated heterocycles. The summed E-state index contributed by atoms with van der Waals surface area (Å²) in [5, 5.41) is 2.03. The molecule has 0 radical (unpaired) electrons. The molecular weight excluding hydrogens is 151 g/mol. The van der Waals surface area contributed by atoms with Crippen molar-refractivity contribution in [2.75, 3.05) is 0 Å². The van der Waals surface area contributed by atoms with Gasteiger partial charge in [-0.05, 0) is 22.9 Å². The Morgan fingerprint density at radius 3 is 2.25 bits per heavy atom. The van der Waals surface area contributed by atoms with Crippen LogP contribution in [0.2, 0.25) is 0 Å². The molecule has 0 aliphatic carbocycles. The van der Waals surface area contributed by atoms with E-state index in [0.717, 1.165) is 10.8 Å². The first kappa shape index (κ1) is 8.72. The maximum atomic E-state index is 12.6. The Hall–Kier alpha value is -1.37. The van der Waals surface area contributed by atoms with Crippen molar-refractivity contribution < 1.29 is 4.39 Å². The van der Waals surface area contributed by atoms with Gasteiger partial charge in [0.15, 0.2) is 0 Å². The van der Waals surface area contributed by atoms with E-state index in [1.165, 1.54) is 12.1 Å². The lowest BCUT2D eigenvalue weighted by Crippen LogP contribution is -1.73. The second kappa shape index (κ2) is 3.35. The van der Waals surface area contributed by atoms with Gasteiger partial charge < -0.3 is 0 Å². The van der Waals surface area contributed by atoms with Gasteiger partial charge in [-0.1, -0.05) is 37.8 Å². The number of fused-ring (bicyclic) bond motifs is 1. The molecule has 0 nitrogen and oxygen atoms in total. The lowest BCUT2D eigenvalue weighted by molar-refractivity contribution is 0.630. The fourth-order valence-corrected chi connectivity index (χ4v) is 1.16. The second-order valence-corrected chi connectivity index (χ2v) is 2.49. The van der Waals surface area contributed by atoms with Gasteiger partial charge in [-0.2, -0.15) is 0 Å². The highest BCUT2D eigenvalue weighted by atomic mass is 19.1. The fourth-order valence-electron chi connectivity index (χ4n) is 1.16. The Balaban J connectivity index is 0.000000720. The maximum Gasteiger partial charge on any atom is 0.123 e. The molecule has 0 heterocycles. The largest absolute Gasteiger partial charge is 0.207 e. The van der Waals surface area contributed by atoms with E-state index >= 15 is 0 Å². The summed E-state index contributed by atoms with van der Waals surface area (Å²) in [6, 6.07) is 12.5. The molecule has 0 unspecified atom stereocenters. The highest BCUT2D eigenvalue weighted by Crippen LogP contribution is 2.13. The van der Waals surface area contributed by atoms with E-state index in [0.29, 0.717) is 0 Å². The molecule has 62 valence electrons. The Morgan fingerprint density at radius 1 is 0.833 bits per heavy atom. The van der Waals surface area contributed by atoms with Crippen LogP contribution in [0.1, 0.15) is 7.43 Å². The van der Waals surface area contributed by atoms with Crippen LogP contribution in [0.25, 0.3) is 10.8 Å². The molecule has 12 heavy (non-hydrogen) atoms. The highest BCUT2D eigenvalue weighted by Gasteiger charge is 1.92. The molecule has 0 aliphatic rings. The van der Waals surface area contributed by atoms with Gasteiger partial charge in [0.05, 0.1) is 0 Å². The van der Waals surface area contributed by atoms with Crippen molar-refractivity contribution in [1.82, 2.24) is 0 Å². The van der Waals surface area contributed by atoms with Crippen LogP contribution in [0.3, 0.4) is 0 Å². The average Bonchev–Trinajstić information content (AvgIpc) is 2.04. The van der Waals surface area contributed by atoms with Crippen molar-refractivity contribution in [3.05, 3.63) is 48.3 Å².